The SMILES string of the molecule is C/C=C(/NC(=O)c1csc(-c2csc(-c3ccc4c(n3)-c3csc(n3)C(C(C)OC)NC(=O)c3csc(n3)C(C(C)(C)O)NC(=O)c3csc(n3)/C(=C\C)NC(=O)C(C(C)O)NC(=O)c3csc-4n3)n2)n1)C(=O)NCC(C)O. The van der Waals surface area contributed by atoms with E-state index in [4.69, 9.17) is 19.7 Å². The molecule has 0 aliphatic carbocycles. The zero-order valence-electron chi connectivity index (χ0n) is 42.7. The molecule has 23 nitrogen and oxygen atoms in total. The quantitative estimate of drug-likeness (QED) is 0.0738. The standard InChI is InChI=1S/C49H51N13O10S6/c1-9-24(37(65)50-13-20(3)63)52-38(66)28-16-75-46(57-28)32-19-76-45(59-32)26-12-11-23-35(51-26)27-14-77-47(54-27)34(22(5)72-8)61-40(68)30-18-78-48(58-30)36(49(6,7)71)62-41(69)31-17-74-44(56-31)25(10-2)53-42(70)33(21(4)64)60-39(67)29-15-73-43(23)55-29/h9-12,14-22,33-34,36,63-64,71H,13H2,1-8H3,(H,50,65)(H,52,66)(H,53,70)(H,60,67)(H,61,68)(H,62,69)/b24-9+,25-10+. The third kappa shape index (κ3) is 13.0. The number of aromatic nitrogens is 7. The number of fused-ring (bicyclic) bond motifs is 11. The molecule has 7 aromatic rings. The van der Waals surface area contributed by atoms with Crippen molar-refractivity contribution >= 4 is 109 Å². The molecule has 408 valence electrons. The molecule has 0 spiro atoms. The lowest BCUT2D eigenvalue weighted by Gasteiger charge is -2.28. The summed E-state index contributed by atoms with van der Waals surface area (Å²) >= 11 is 6.87. The zero-order valence-corrected chi connectivity index (χ0v) is 47.6. The van der Waals surface area contributed by atoms with Gasteiger partial charge in [-0.25, -0.2) is 34.9 Å². The molecule has 8 rings (SSSR count). The molecule has 7 aromatic heterocycles. The number of ether oxygens (including phenoxy) is 1. The van der Waals surface area contributed by atoms with Crippen molar-refractivity contribution in [3.05, 3.63) is 100 Å². The van der Waals surface area contributed by atoms with Gasteiger partial charge in [-0.1, -0.05) is 12.2 Å². The Kier molecular flexibility index (Phi) is 17.9. The molecule has 0 saturated heterocycles. The number of carbonyl (C=O) groups excluding carboxylic acids is 6. The number of amides is 6. The van der Waals surface area contributed by atoms with Crippen LogP contribution in [0.4, 0.5) is 0 Å². The average Bonchev–Trinajstić information content (AvgIpc) is 4.28. The number of rotatable bonds is 11. The summed E-state index contributed by atoms with van der Waals surface area (Å²) < 4.78 is 5.75. The molecule has 6 unspecified atom stereocenters. The maximum Gasteiger partial charge on any atom is 0.275 e. The van der Waals surface area contributed by atoms with E-state index in [1.54, 1.807) is 49.7 Å². The predicted molar refractivity (Wildman–Crippen MR) is 297 cm³/mol. The first-order valence-electron chi connectivity index (χ1n) is 23.7. The van der Waals surface area contributed by atoms with E-state index >= 15 is 0 Å². The van der Waals surface area contributed by atoms with Crippen LogP contribution < -0.4 is 31.9 Å². The molecule has 78 heavy (non-hydrogen) atoms. The summed E-state index contributed by atoms with van der Waals surface area (Å²) in [5.74, 6) is -4.00. The number of thiazole rings is 6. The van der Waals surface area contributed by atoms with E-state index < -0.39 is 77.5 Å². The molecule has 9 N–H and O–H groups in total. The molecule has 6 atom stereocenters. The van der Waals surface area contributed by atoms with E-state index in [0.29, 0.717) is 48.4 Å². The van der Waals surface area contributed by atoms with Crippen molar-refractivity contribution in [2.75, 3.05) is 13.7 Å². The van der Waals surface area contributed by atoms with Crippen molar-refractivity contribution in [1.82, 2.24) is 66.8 Å². The van der Waals surface area contributed by atoms with Crippen LogP contribution in [-0.2, 0) is 14.3 Å². The maximum absolute atomic E-state index is 14.1. The van der Waals surface area contributed by atoms with Gasteiger partial charge in [0.25, 0.3) is 29.5 Å². The molecular weight excluding hydrogens is 1120 g/mol. The fraction of sp³-hybridized carbons (Fsp3) is 0.327. The second-order valence-corrected chi connectivity index (χ2v) is 23.1. The molecule has 0 aromatic carbocycles. The number of aliphatic hydroxyl groups is 3. The van der Waals surface area contributed by atoms with Crippen LogP contribution in [-0.4, -0.2) is 129 Å². The summed E-state index contributed by atoms with van der Waals surface area (Å²) in [7, 11) is 1.49. The number of hydrogen-bond donors (Lipinski definition) is 9. The Morgan fingerprint density at radius 1 is 0.692 bits per heavy atom. The fourth-order valence-electron chi connectivity index (χ4n) is 7.34. The fourth-order valence-corrected chi connectivity index (χ4v) is 12.6. The zero-order chi connectivity index (χ0) is 56.2. The van der Waals surface area contributed by atoms with Gasteiger partial charge in [-0.05, 0) is 60.6 Å². The molecule has 0 radical (unpaired) electrons. The Labute approximate surface area is 469 Å². The summed E-state index contributed by atoms with van der Waals surface area (Å²) in [6.07, 6.45) is 0.196. The van der Waals surface area contributed by atoms with E-state index in [0.717, 1.165) is 34.0 Å². The van der Waals surface area contributed by atoms with Gasteiger partial charge < -0.3 is 52.0 Å². The third-order valence-electron chi connectivity index (χ3n) is 11.6. The highest BCUT2D eigenvalue weighted by Gasteiger charge is 2.36. The van der Waals surface area contributed by atoms with E-state index in [9.17, 15) is 44.1 Å². The first-order valence-corrected chi connectivity index (χ1v) is 29.0. The maximum atomic E-state index is 14.1. The van der Waals surface area contributed by atoms with Crippen LogP contribution in [0, 0.1) is 0 Å². The summed E-state index contributed by atoms with van der Waals surface area (Å²) in [6, 6.07) is 0.0736. The summed E-state index contributed by atoms with van der Waals surface area (Å²) in [4.78, 5) is 114. The van der Waals surface area contributed by atoms with Crippen LogP contribution in [0.25, 0.3) is 49.1 Å². The van der Waals surface area contributed by atoms with Gasteiger partial charge in [0.2, 0.25) is 5.91 Å². The van der Waals surface area contributed by atoms with Crippen LogP contribution >= 0.6 is 68.0 Å². The Balaban J connectivity index is 1.16. The Bertz CT molecular complexity index is 3460. The van der Waals surface area contributed by atoms with Gasteiger partial charge in [-0.15, -0.1) is 68.0 Å². The van der Waals surface area contributed by atoms with Gasteiger partial charge in [0.15, 0.2) is 0 Å². The highest BCUT2D eigenvalue weighted by Crippen LogP contribution is 2.39. The van der Waals surface area contributed by atoms with E-state index in [1.165, 1.54) is 96.4 Å². The van der Waals surface area contributed by atoms with Gasteiger partial charge >= 0.3 is 0 Å². The van der Waals surface area contributed by atoms with Crippen LogP contribution in [0.1, 0.15) is 118 Å². The smallest absolute Gasteiger partial charge is 0.275 e. The molecule has 8 bridgehead atoms. The van der Waals surface area contributed by atoms with Crippen LogP contribution in [0.2, 0.25) is 0 Å². The second-order valence-electron chi connectivity index (χ2n) is 17.9. The number of carbonyl (C=O) groups is 6. The second kappa shape index (κ2) is 24.4. The predicted octanol–water partition coefficient (Wildman–Crippen LogP) is 5.34. The molecule has 0 saturated carbocycles. The van der Waals surface area contributed by atoms with Crippen LogP contribution in [0.3, 0.4) is 0 Å². The lowest BCUT2D eigenvalue weighted by molar-refractivity contribution is -0.124. The molecule has 6 amide bonds. The first kappa shape index (κ1) is 57.3. The van der Waals surface area contributed by atoms with E-state index in [-0.39, 0.29) is 50.7 Å². The molecule has 1 aliphatic rings. The topological polar surface area (TPSA) is 335 Å². The van der Waals surface area contributed by atoms with Gasteiger partial charge in [0.1, 0.15) is 93.7 Å². The number of hydrogen-bond acceptors (Lipinski definition) is 23. The van der Waals surface area contributed by atoms with Gasteiger partial charge in [-0.2, -0.15) is 0 Å². The number of aliphatic hydroxyl groups excluding tert-OH is 2. The van der Waals surface area contributed by atoms with Gasteiger partial charge in [0, 0.05) is 51.5 Å². The summed E-state index contributed by atoms with van der Waals surface area (Å²) in [5, 5.41) is 59.5. The number of nitrogens with one attached hydrogen (secondary N) is 6. The molecule has 29 heteroatoms. The monoisotopic (exact) mass is 1170 g/mol. The average molecular weight is 1170 g/mol. The lowest BCUT2D eigenvalue weighted by atomic mass is 9.99. The number of nitrogens with zero attached hydrogens (tertiary/aromatic N) is 7. The van der Waals surface area contributed by atoms with Crippen molar-refractivity contribution in [2.45, 2.75) is 90.5 Å². The van der Waals surface area contributed by atoms with E-state index in [2.05, 4.69) is 51.8 Å². The molecule has 1 aliphatic heterocycles. The van der Waals surface area contributed by atoms with Crippen molar-refractivity contribution in [3.63, 3.8) is 0 Å². The lowest BCUT2D eigenvalue weighted by Crippen LogP contribution is -2.52. The van der Waals surface area contributed by atoms with Gasteiger partial charge in [0.05, 0.1) is 35.3 Å². The Morgan fingerprint density at radius 2 is 1.26 bits per heavy atom. The minimum Gasteiger partial charge on any atom is -0.392 e. The molecule has 8 heterocycles. The van der Waals surface area contributed by atoms with Crippen LogP contribution in [0.15, 0.2) is 62.3 Å². The minimum atomic E-state index is -1.58. The normalized spacial score (nSPS) is 18.5. The number of pyridine rings is 1. The summed E-state index contributed by atoms with van der Waals surface area (Å²) in [5.41, 5.74) is 0.560. The number of allylic oxidation sites excluding steroid dienone is 2. The largest absolute Gasteiger partial charge is 0.392 e. The Morgan fingerprint density at radius 3 is 1.92 bits per heavy atom. The van der Waals surface area contributed by atoms with Gasteiger partial charge in [-0.3, -0.25) is 28.8 Å². The third-order valence-corrected chi connectivity index (χ3v) is 16.9. The van der Waals surface area contributed by atoms with E-state index in [1.807, 2.05) is 0 Å². The Hall–Kier alpha value is -6.93. The van der Waals surface area contributed by atoms with Crippen molar-refractivity contribution < 1.29 is 48.8 Å². The van der Waals surface area contributed by atoms with Crippen molar-refractivity contribution in [1.29, 1.82) is 0 Å². The highest BCUT2D eigenvalue weighted by atomic mass is 32.1. The highest BCUT2D eigenvalue weighted by molar-refractivity contribution is 7.15. The number of methoxy groups -OCH3 is 1. The van der Waals surface area contributed by atoms with Crippen LogP contribution in [0.5, 0.6) is 0 Å². The molecular formula is C49H51N13O10S6. The summed E-state index contributed by atoms with van der Waals surface area (Å²) in [6.45, 7) is 10.8. The molecule has 0 fully saturated rings. The van der Waals surface area contributed by atoms with Crippen molar-refractivity contribution in [3.8, 4) is 43.4 Å². The minimum absolute atomic E-state index is 0.00194. The van der Waals surface area contributed by atoms with Crippen molar-refractivity contribution in [2.24, 2.45) is 0 Å². The first-order chi connectivity index (χ1) is 37.1.